The van der Waals surface area contributed by atoms with Crippen molar-refractivity contribution in [1.29, 1.82) is 0 Å². The summed E-state index contributed by atoms with van der Waals surface area (Å²) >= 11 is 3.08. The second kappa shape index (κ2) is 2.95. The zero-order chi connectivity index (χ0) is 10.3. The highest BCUT2D eigenvalue weighted by atomic mass is 79.9. The second-order valence-electron chi connectivity index (χ2n) is 2.65. The van der Waals surface area contributed by atoms with Gasteiger partial charge >= 0.3 is 16.8 Å². The molecule has 0 radical (unpaired) electrons. The third-order valence-electron chi connectivity index (χ3n) is 1.69. The summed E-state index contributed by atoms with van der Waals surface area (Å²) in [6, 6.07) is 1.49. The lowest BCUT2D eigenvalue weighted by molar-refractivity contribution is -0.578. The van der Waals surface area contributed by atoms with Crippen LogP contribution in [-0.4, -0.2) is 9.97 Å². The number of rotatable bonds is 0. The van der Waals surface area contributed by atoms with Crippen LogP contribution in [0.4, 0.5) is 0 Å². The third-order valence-corrected chi connectivity index (χ3v) is 2.12. The summed E-state index contributed by atoms with van der Waals surface area (Å²) in [6.45, 7) is 0. The van der Waals surface area contributed by atoms with Crippen LogP contribution in [0.25, 0.3) is 11.0 Å². The standard InChI is InChI=1S/C7H4BrN3O3/c8-3-1-4-5(11(14)2-3)6(12)10-7(13)9-4/h1-2H,(H2,9,10,12,13). The van der Waals surface area contributed by atoms with E-state index in [2.05, 4.69) is 20.9 Å². The molecule has 0 bridgehead atoms. The lowest BCUT2D eigenvalue weighted by atomic mass is 10.4. The van der Waals surface area contributed by atoms with E-state index < -0.39 is 11.2 Å². The number of aromatic nitrogens is 3. The van der Waals surface area contributed by atoms with Gasteiger partial charge in [0.25, 0.3) is 0 Å². The van der Waals surface area contributed by atoms with Gasteiger partial charge in [-0.2, -0.15) is 4.73 Å². The van der Waals surface area contributed by atoms with Gasteiger partial charge in [-0.3, -0.25) is 9.78 Å². The Bertz CT molecular complexity index is 616. The molecule has 0 atom stereocenters. The third kappa shape index (κ3) is 1.31. The van der Waals surface area contributed by atoms with Gasteiger partial charge in [0, 0.05) is 0 Å². The molecule has 0 aliphatic carbocycles. The molecule has 0 saturated heterocycles. The van der Waals surface area contributed by atoms with E-state index in [-0.39, 0.29) is 11.0 Å². The largest absolute Gasteiger partial charge is 0.618 e. The van der Waals surface area contributed by atoms with Gasteiger partial charge in [0.2, 0.25) is 0 Å². The lowest BCUT2D eigenvalue weighted by Crippen LogP contribution is -2.36. The first kappa shape index (κ1) is 8.95. The fraction of sp³-hybridized carbons (Fsp3) is 0. The second-order valence-corrected chi connectivity index (χ2v) is 3.57. The Hall–Kier alpha value is -1.63. The summed E-state index contributed by atoms with van der Waals surface area (Å²) < 4.78 is 0.884. The highest BCUT2D eigenvalue weighted by Gasteiger charge is 2.11. The highest BCUT2D eigenvalue weighted by molar-refractivity contribution is 9.10. The number of nitrogens with zero attached hydrogens (tertiary/aromatic N) is 1. The number of fused-ring (bicyclic) bond motifs is 1. The Morgan fingerprint density at radius 3 is 2.79 bits per heavy atom. The maximum absolute atomic E-state index is 11.3. The smallest absolute Gasteiger partial charge is 0.327 e. The summed E-state index contributed by atoms with van der Waals surface area (Å²) in [5, 5.41) is 11.3. The van der Waals surface area contributed by atoms with Gasteiger partial charge in [-0.05, 0) is 22.0 Å². The molecule has 2 aromatic heterocycles. The fourth-order valence-electron chi connectivity index (χ4n) is 1.17. The molecule has 2 heterocycles. The van der Waals surface area contributed by atoms with E-state index >= 15 is 0 Å². The van der Waals surface area contributed by atoms with Gasteiger partial charge in [0.1, 0.15) is 5.52 Å². The van der Waals surface area contributed by atoms with Gasteiger partial charge in [-0.15, -0.1) is 0 Å². The number of hydrogen-bond acceptors (Lipinski definition) is 3. The van der Waals surface area contributed by atoms with Crippen molar-refractivity contribution in [3.8, 4) is 0 Å². The Labute approximate surface area is 84.9 Å². The molecule has 0 aliphatic heterocycles. The van der Waals surface area contributed by atoms with E-state index in [1.54, 1.807) is 0 Å². The molecule has 0 saturated carbocycles. The van der Waals surface area contributed by atoms with Crippen LogP contribution in [0, 0.1) is 5.21 Å². The van der Waals surface area contributed by atoms with Crippen LogP contribution in [0.1, 0.15) is 0 Å². The van der Waals surface area contributed by atoms with E-state index in [1.165, 1.54) is 12.3 Å². The number of aromatic amines is 2. The van der Waals surface area contributed by atoms with Crippen molar-refractivity contribution in [1.82, 2.24) is 9.97 Å². The van der Waals surface area contributed by atoms with Crippen molar-refractivity contribution in [2.45, 2.75) is 0 Å². The quantitative estimate of drug-likeness (QED) is 0.498. The zero-order valence-electron chi connectivity index (χ0n) is 6.70. The molecule has 2 rings (SSSR count). The van der Waals surface area contributed by atoms with Crippen molar-refractivity contribution in [2.24, 2.45) is 0 Å². The molecule has 14 heavy (non-hydrogen) atoms. The summed E-state index contributed by atoms with van der Waals surface area (Å²) in [6.07, 6.45) is 1.19. The van der Waals surface area contributed by atoms with Gasteiger partial charge in [0.15, 0.2) is 6.20 Å². The number of halogens is 1. The number of nitrogens with one attached hydrogen (secondary N) is 2. The normalized spacial score (nSPS) is 10.6. The van der Waals surface area contributed by atoms with E-state index in [4.69, 9.17) is 0 Å². The Balaban J connectivity index is 3.10. The molecule has 0 aromatic carbocycles. The molecule has 72 valence electrons. The van der Waals surface area contributed by atoms with Crippen LogP contribution >= 0.6 is 15.9 Å². The van der Waals surface area contributed by atoms with E-state index in [0.29, 0.717) is 9.20 Å². The topological polar surface area (TPSA) is 92.7 Å². The summed E-state index contributed by atoms with van der Waals surface area (Å²) in [7, 11) is 0. The summed E-state index contributed by atoms with van der Waals surface area (Å²) in [5.74, 6) is 0. The highest BCUT2D eigenvalue weighted by Crippen LogP contribution is 2.09. The molecule has 0 fully saturated rings. The molecule has 7 heteroatoms. The Morgan fingerprint density at radius 1 is 1.36 bits per heavy atom. The maximum Gasteiger partial charge on any atom is 0.327 e. The average Bonchev–Trinajstić information content (AvgIpc) is 1.99. The van der Waals surface area contributed by atoms with Crippen molar-refractivity contribution in [3.05, 3.63) is 42.8 Å². The molecule has 0 aliphatic rings. The first-order valence-corrected chi connectivity index (χ1v) is 4.42. The predicted molar refractivity (Wildman–Crippen MR) is 51.8 cm³/mol. The van der Waals surface area contributed by atoms with Crippen LogP contribution in [0.5, 0.6) is 0 Å². The predicted octanol–water partition coefficient (Wildman–Crippen LogP) is -0.388. The zero-order valence-corrected chi connectivity index (χ0v) is 8.29. The molecule has 6 nitrogen and oxygen atoms in total. The van der Waals surface area contributed by atoms with Crippen molar-refractivity contribution >= 4 is 27.0 Å². The fourth-order valence-corrected chi connectivity index (χ4v) is 1.59. The van der Waals surface area contributed by atoms with Crippen LogP contribution < -0.4 is 16.0 Å². The molecule has 2 aromatic rings. The van der Waals surface area contributed by atoms with Gasteiger partial charge in [0.05, 0.1) is 4.47 Å². The summed E-state index contributed by atoms with van der Waals surface area (Å²) in [5.41, 5.74) is -1.26. The molecule has 0 spiro atoms. The molecular formula is C7H4BrN3O3. The molecule has 2 N–H and O–H groups in total. The van der Waals surface area contributed by atoms with E-state index in [1.807, 2.05) is 4.98 Å². The van der Waals surface area contributed by atoms with Crippen LogP contribution in [0.2, 0.25) is 0 Å². The minimum atomic E-state index is -0.703. The first-order valence-electron chi connectivity index (χ1n) is 3.63. The van der Waals surface area contributed by atoms with Gasteiger partial charge in [-0.25, -0.2) is 4.79 Å². The molecule has 0 amide bonds. The Morgan fingerprint density at radius 2 is 2.07 bits per heavy atom. The molecule has 0 unspecified atom stereocenters. The van der Waals surface area contributed by atoms with Crippen LogP contribution in [0.3, 0.4) is 0 Å². The maximum atomic E-state index is 11.3. The number of hydrogen-bond donors (Lipinski definition) is 2. The van der Waals surface area contributed by atoms with Crippen LogP contribution in [0.15, 0.2) is 26.3 Å². The average molecular weight is 258 g/mol. The van der Waals surface area contributed by atoms with Crippen LogP contribution in [-0.2, 0) is 0 Å². The monoisotopic (exact) mass is 257 g/mol. The van der Waals surface area contributed by atoms with Crippen molar-refractivity contribution < 1.29 is 4.73 Å². The Kier molecular flexibility index (Phi) is 1.88. The number of H-pyrrole nitrogens is 2. The van der Waals surface area contributed by atoms with Crippen molar-refractivity contribution in [3.63, 3.8) is 0 Å². The first-order chi connectivity index (χ1) is 6.58. The van der Waals surface area contributed by atoms with Gasteiger partial charge < -0.3 is 10.2 Å². The van der Waals surface area contributed by atoms with E-state index in [9.17, 15) is 14.8 Å². The minimum Gasteiger partial charge on any atom is -0.618 e. The van der Waals surface area contributed by atoms with Gasteiger partial charge in [-0.1, -0.05) is 0 Å². The SMILES string of the molecule is O=c1[nH]c(=O)c2c(cc(Br)c[n+]2[O-])[nH]1. The van der Waals surface area contributed by atoms with Crippen molar-refractivity contribution in [2.75, 3.05) is 0 Å². The van der Waals surface area contributed by atoms with E-state index in [0.717, 1.165) is 0 Å². The number of pyridine rings is 1. The lowest BCUT2D eigenvalue weighted by Gasteiger charge is -1.99. The summed E-state index contributed by atoms with van der Waals surface area (Å²) in [4.78, 5) is 26.4. The minimum absolute atomic E-state index is 0.118. The molecular weight excluding hydrogens is 254 g/mol.